The normalized spacial score (nSPS) is 15.1. The van der Waals surface area contributed by atoms with Crippen molar-refractivity contribution < 1.29 is 19.2 Å². The number of ketones is 1. The van der Waals surface area contributed by atoms with Crippen LogP contribution in [0.2, 0.25) is 5.02 Å². The Kier molecular flexibility index (Phi) is 5.17. The number of nitrogens with one attached hydrogen (secondary N) is 1. The molecule has 31 heavy (non-hydrogen) atoms. The first kappa shape index (κ1) is 20.2. The molecule has 1 aliphatic rings. The van der Waals surface area contributed by atoms with Crippen LogP contribution in [-0.4, -0.2) is 44.0 Å². The lowest BCUT2D eigenvalue weighted by Crippen LogP contribution is -2.33. The summed E-state index contributed by atoms with van der Waals surface area (Å²) in [4.78, 5) is 36.7. The number of nitro benzene ring substituents is 1. The maximum atomic E-state index is 13.6. The highest BCUT2D eigenvalue weighted by Crippen LogP contribution is 2.39. The number of halogens is 1. The maximum Gasteiger partial charge on any atom is 0.355 e. The number of rotatable bonds is 5. The summed E-state index contributed by atoms with van der Waals surface area (Å²) in [5.74, 6) is -1.39. The van der Waals surface area contributed by atoms with E-state index in [0.29, 0.717) is 10.6 Å². The van der Waals surface area contributed by atoms with Crippen LogP contribution in [0.15, 0.2) is 59.8 Å². The number of tetrazole rings is 1. The molecular weight excluding hydrogens is 428 g/mol. The van der Waals surface area contributed by atoms with Crippen molar-refractivity contribution >= 4 is 35.0 Å². The zero-order valence-electron chi connectivity index (χ0n) is 15.9. The fourth-order valence-electron chi connectivity index (χ4n) is 3.29. The number of carbonyl (C=O) groups is 2. The highest BCUT2D eigenvalue weighted by molar-refractivity contribution is 6.31. The lowest BCUT2D eigenvalue weighted by Gasteiger charge is -2.28. The van der Waals surface area contributed by atoms with E-state index in [1.165, 1.54) is 22.9 Å². The van der Waals surface area contributed by atoms with Crippen LogP contribution < -0.4 is 5.32 Å². The number of allylic oxidation sites excluding steroid dienone is 1. The molecule has 11 nitrogen and oxygen atoms in total. The average Bonchev–Trinajstić information content (AvgIpc) is 3.26. The van der Waals surface area contributed by atoms with E-state index in [-0.39, 0.29) is 28.5 Å². The molecule has 12 heteroatoms. The topological polar surface area (TPSA) is 142 Å². The smallest absolute Gasteiger partial charge is 0.355 e. The van der Waals surface area contributed by atoms with E-state index in [4.69, 9.17) is 16.3 Å². The Labute approximate surface area is 179 Å². The van der Waals surface area contributed by atoms with Crippen molar-refractivity contribution in [2.24, 2.45) is 0 Å². The maximum absolute atomic E-state index is 13.6. The van der Waals surface area contributed by atoms with Gasteiger partial charge in [-0.15, -0.1) is 0 Å². The Hall–Kier alpha value is -4.12. The van der Waals surface area contributed by atoms with Crippen molar-refractivity contribution in [3.8, 4) is 0 Å². The summed E-state index contributed by atoms with van der Waals surface area (Å²) in [7, 11) is 1.16. The van der Waals surface area contributed by atoms with Gasteiger partial charge in [0.1, 0.15) is 11.7 Å². The molecule has 4 rings (SSSR count). The first-order valence-corrected chi connectivity index (χ1v) is 9.21. The average molecular weight is 441 g/mol. The fraction of sp³-hybridized carbons (Fsp3) is 0.105. The molecule has 1 N–H and O–H groups in total. The van der Waals surface area contributed by atoms with Gasteiger partial charge in [-0.1, -0.05) is 47.0 Å². The van der Waals surface area contributed by atoms with E-state index in [0.717, 1.165) is 13.2 Å². The van der Waals surface area contributed by atoms with E-state index in [2.05, 4.69) is 20.8 Å². The molecule has 0 unspecified atom stereocenters. The van der Waals surface area contributed by atoms with Crippen molar-refractivity contribution in [2.45, 2.75) is 6.04 Å². The van der Waals surface area contributed by atoms with Gasteiger partial charge in [-0.25, -0.2) is 4.79 Å². The molecule has 156 valence electrons. The number of anilines is 1. The number of aromatic nitrogens is 4. The van der Waals surface area contributed by atoms with E-state index < -0.39 is 22.7 Å². The quantitative estimate of drug-likeness (QED) is 0.274. The summed E-state index contributed by atoms with van der Waals surface area (Å²) in [5.41, 5.74) is -0.0749. The Morgan fingerprint density at radius 2 is 2.00 bits per heavy atom. The van der Waals surface area contributed by atoms with Gasteiger partial charge in [-0.2, -0.15) is 4.68 Å². The first-order chi connectivity index (χ1) is 14.9. The van der Waals surface area contributed by atoms with Gasteiger partial charge >= 0.3 is 5.97 Å². The molecule has 0 radical (unpaired) electrons. The Morgan fingerprint density at radius 1 is 1.23 bits per heavy atom. The fourth-order valence-corrected chi connectivity index (χ4v) is 3.53. The standard InChI is InChI=1S/C19H13ClN6O5/c1-31-18(28)15-14(17(27)10-5-4-6-11(9-10)26(29)30)16(12-7-2-3-8-13(12)20)25-19(21-15)22-23-24-25/h2-9,16H,1H3,(H,21,22,24)/t16-/m1/s1. The molecule has 0 spiro atoms. The van der Waals surface area contributed by atoms with Crippen LogP contribution in [0.4, 0.5) is 11.6 Å². The number of carbonyl (C=O) groups excluding carboxylic acids is 2. The van der Waals surface area contributed by atoms with Crippen molar-refractivity contribution in [2.75, 3.05) is 12.4 Å². The molecule has 0 saturated carbocycles. The Balaban J connectivity index is 1.97. The number of esters is 1. The van der Waals surface area contributed by atoms with Gasteiger partial charge in [0.25, 0.3) is 5.69 Å². The highest BCUT2D eigenvalue weighted by Gasteiger charge is 2.39. The van der Waals surface area contributed by atoms with Crippen LogP contribution in [-0.2, 0) is 9.53 Å². The number of fused-ring (bicyclic) bond motifs is 1. The summed E-state index contributed by atoms with van der Waals surface area (Å²) in [6.45, 7) is 0. The van der Waals surface area contributed by atoms with Crippen molar-refractivity contribution in [1.82, 2.24) is 20.2 Å². The number of hydrogen-bond donors (Lipinski definition) is 1. The van der Waals surface area contributed by atoms with Gasteiger partial charge in [0.15, 0.2) is 5.78 Å². The lowest BCUT2D eigenvalue weighted by molar-refractivity contribution is -0.384. The second-order valence-corrected chi connectivity index (χ2v) is 6.82. The second-order valence-electron chi connectivity index (χ2n) is 6.41. The third kappa shape index (κ3) is 3.51. The number of ether oxygens (including phenoxy) is 1. The SMILES string of the molecule is COC(=O)C1=C(C(=O)c2cccc([N+](=O)[O-])c2)[C@@H](c2ccccc2Cl)n2nnnc2N1. The minimum atomic E-state index is -0.985. The highest BCUT2D eigenvalue weighted by atomic mass is 35.5. The van der Waals surface area contributed by atoms with Crippen LogP contribution in [0.1, 0.15) is 22.0 Å². The first-order valence-electron chi connectivity index (χ1n) is 8.83. The van der Waals surface area contributed by atoms with E-state index >= 15 is 0 Å². The van der Waals surface area contributed by atoms with Crippen molar-refractivity contribution in [3.05, 3.63) is 86.1 Å². The monoisotopic (exact) mass is 440 g/mol. The number of Topliss-reactive ketones (excluding diaryl/α,β-unsaturated/α-hetero) is 1. The molecule has 0 bridgehead atoms. The molecule has 2 aromatic carbocycles. The zero-order chi connectivity index (χ0) is 22.1. The molecular formula is C19H13ClN6O5. The van der Waals surface area contributed by atoms with Gasteiger partial charge in [0.05, 0.1) is 17.6 Å². The second kappa shape index (κ2) is 7.95. The molecule has 2 heterocycles. The number of hydrogen-bond acceptors (Lipinski definition) is 9. The lowest BCUT2D eigenvalue weighted by atomic mass is 9.89. The van der Waals surface area contributed by atoms with Crippen LogP contribution in [0.5, 0.6) is 0 Å². The Morgan fingerprint density at radius 3 is 2.71 bits per heavy atom. The summed E-state index contributed by atoms with van der Waals surface area (Å²) in [6, 6.07) is 10.9. The number of nitro groups is 1. The molecule has 0 amide bonds. The van der Waals surface area contributed by atoms with Crippen LogP contribution in [0.25, 0.3) is 0 Å². The molecule has 0 aliphatic carbocycles. The third-order valence-electron chi connectivity index (χ3n) is 4.67. The van der Waals surface area contributed by atoms with Gasteiger partial charge in [0.2, 0.25) is 5.95 Å². The minimum Gasteiger partial charge on any atom is -0.464 e. The number of methoxy groups -OCH3 is 1. The predicted octanol–water partition coefficient (Wildman–Crippen LogP) is 2.56. The molecule has 0 fully saturated rings. The summed E-state index contributed by atoms with van der Waals surface area (Å²) in [5, 5.41) is 25.6. The van der Waals surface area contributed by atoms with Crippen LogP contribution in [0, 0.1) is 10.1 Å². The number of benzene rings is 2. The van der Waals surface area contributed by atoms with Crippen molar-refractivity contribution in [1.29, 1.82) is 0 Å². The van der Waals surface area contributed by atoms with E-state index in [1.54, 1.807) is 24.3 Å². The van der Waals surface area contributed by atoms with Gasteiger partial charge in [-0.3, -0.25) is 14.9 Å². The summed E-state index contributed by atoms with van der Waals surface area (Å²) in [6.07, 6.45) is 0. The van der Waals surface area contributed by atoms with Crippen molar-refractivity contribution in [3.63, 3.8) is 0 Å². The zero-order valence-corrected chi connectivity index (χ0v) is 16.6. The largest absolute Gasteiger partial charge is 0.464 e. The molecule has 1 aliphatic heterocycles. The minimum absolute atomic E-state index is 0.000908. The number of nitrogens with zero attached hydrogens (tertiary/aromatic N) is 5. The van der Waals surface area contributed by atoms with Crippen LogP contribution in [0.3, 0.4) is 0 Å². The summed E-state index contributed by atoms with van der Waals surface area (Å²) >= 11 is 6.39. The van der Waals surface area contributed by atoms with Crippen LogP contribution >= 0.6 is 11.6 Å². The summed E-state index contributed by atoms with van der Waals surface area (Å²) < 4.78 is 6.15. The van der Waals surface area contributed by atoms with Gasteiger partial charge in [0, 0.05) is 28.3 Å². The molecule has 0 saturated heterocycles. The van der Waals surface area contributed by atoms with E-state index in [9.17, 15) is 19.7 Å². The molecule has 1 atom stereocenters. The number of non-ortho nitro benzene ring substituents is 1. The third-order valence-corrected chi connectivity index (χ3v) is 5.01. The molecule has 3 aromatic rings. The van der Waals surface area contributed by atoms with E-state index in [1.807, 2.05) is 0 Å². The predicted molar refractivity (Wildman–Crippen MR) is 107 cm³/mol. The Bertz CT molecular complexity index is 1250. The molecule has 1 aromatic heterocycles. The van der Waals surface area contributed by atoms with Gasteiger partial charge in [-0.05, 0) is 16.5 Å². The van der Waals surface area contributed by atoms with Gasteiger partial charge < -0.3 is 10.1 Å².